The number of carboxylic acid groups (broad SMARTS) is 1. The topological polar surface area (TPSA) is 84.6 Å². The largest absolute Gasteiger partial charge is 0.496 e. The van der Waals surface area contributed by atoms with Gasteiger partial charge in [0.1, 0.15) is 17.4 Å². The van der Waals surface area contributed by atoms with Gasteiger partial charge in [-0.1, -0.05) is 6.07 Å². The number of hydrogen-bond acceptors (Lipinski definition) is 4. The van der Waals surface area contributed by atoms with Crippen LogP contribution in [0.2, 0.25) is 0 Å². The fourth-order valence-corrected chi connectivity index (χ4v) is 2.91. The zero-order valence-electron chi connectivity index (χ0n) is 12.7. The highest BCUT2D eigenvalue weighted by atomic mass is 19.1. The molecule has 2 atom stereocenters. The summed E-state index contributed by atoms with van der Waals surface area (Å²) in [6, 6.07) is 4.66. The first kappa shape index (κ1) is 17.0. The molecule has 3 rings (SSSR count). The molecule has 23 heavy (non-hydrogen) atoms. The molecule has 0 spiro atoms. The number of aliphatic hydroxyl groups is 1. The van der Waals surface area contributed by atoms with Gasteiger partial charge in [0.2, 0.25) is 0 Å². The Labute approximate surface area is 133 Å². The zero-order valence-corrected chi connectivity index (χ0v) is 12.7. The number of benzene rings is 1. The summed E-state index contributed by atoms with van der Waals surface area (Å²) < 4.78 is 21.3. The van der Waals surface area contributed by atoms with E-state index in [1.165, 1.54) is 13.2 Å². The van der Waals surface area contributed by atoms with Crippen LogP contribution in [0.5, 0.6) is 5.75 Å². The van der Waals surface area contributed by atoms with Crippen molar-refractivity contribution in [2.24, 2.45) is 0 Å². The fraction of sp³-hybridized carbons (Fsp3) is 0.375. The number of aromatic nitrogens is 2. The van der Waals surface area contributed by atoms with Gasteiger partial charge in [0, 0.05) is 12.4 Å². The molecular formula is C16H19FN2O4. The Balaban J connectivity index is 0.000000595. The van der Waals surface area contributed by atoms with Gasteiger partial charge >= 0.3 is 0 Å². The number of halogens is 1. The van der Waals surface area contributed by atoms with E-state index in [0.717, 1.165) is 19.3 Å². The van der Waals surface area contributed by atoms with Crippen molar-refractivity contribution in [3.05, 3.63) is 36.4 Å². The van der Waals surface area contributed by atoms with E-state index in [1.807, 2.05) is 4.57 Å². The van der Waals surface area contributed by atoms with Gasteiger partial charge in [0.15, 0.2) is 0 Å². The van der Waals surface area contributed by atoms with Crippen LogP contribution in [0.15, 0.2) is 30.6 Å². The second kappa shape index (κ2) is 7.73. The Hall–Kier alpha value is -2.41. The lowest BCUT2D eigenvalue weighted by Gasteiger charge is -2.20. The first-order valence-corrected chi connectivity index (χ1v) is 7.25. The minimum absolute atomic E-state index is 0.0446. The molecule has 7 heteroatoms. The standard InChI is InChI=1S/C15H17FN2O2.CH2O2/c1-20-13-7-2-4-10(16)14(13)15-17-8-9-18(15)11-5-3-6-12(11)19;2-1-3/h2,4,7-9,11-12,19H,3,5-6H2,1H3;1H,(H,2,3)/t11-,12-;/m0./s1. The molecule has 6 nitrogen and oxygen atoms in total. The van der Waals surface area contributed by atoms with E-state index >= 15 is 0 Å². The molecule has 0 bridgehead atoms. The number of ether oxygens (including phenoxy) is 1. The van der Waals surface area contributed by atoms with E-state index in [0.29, 0.717) is 17.1 Å². The molecule has 1 aliphatic rings. The van der Waals surface area contributed by atoms with Crippen molar-refractivity contribution in [2.45, 2.75) is 31.4 Å². The van der Waals surface area contributed by atoms with Crippen molar-refractivity contribution in [3.63, 3.8) is 0 Å². The van der Waals surface area contributed by atoms with Gasteiger partial charge in [-0.05, 0) is 31.4 Å². The zero-order chi connectivity index (χ0) is 16.8. The maximum Gasteiger partial charge on any atom is 0.290 e. The van der Waals surface area contributed by atoms with Crippen LogP contribution in [0, 0.1) is 5.82 Å². The van der Waals surface area contributed by atoms with Gasteiger partial charge < -0.3 is 19.5 Å². The van der Waals surface area contributed by atoms with Crippen LogP contribution in [0.1, 0.15) is 25.3 Å². The second-order valence-corrected chi connectivity index (χ2v) is 5.15. The van der Waals surface area contributed by atoms with Crippen molar-refractivity contribution in [1.82, 2.24) is 9.55 Å². The lowest BCUT2D eigenvalue weighted by Crippen LogP contribution is -2.18. The van der Waals surface area contributed by atoms with Crippen LogP contribution in [0.25, 0.3) is 11.4 Å². The first-order valence-electron chi connectivity index (χ1n) is 7.25. The molecular weight excluding hydrogens is 303 g/mol. The molecule has 1 saturated carbocycles. The second-order valence-electron chi connectivity index (χ2n) is 5.15. The Morgan fingerprint density at radius 2 is 2.17 bits per heavy atom. The Morgan fingerprint density at radius 3 is 2.78 bits per heavy atom. The normalized spacial score (nSPS) is 19.8. The van der Waals surface area contributed by atoms with Crippen molar-refractivity contribution in [2.75, 3.05) is 7.11 Å². The van der Waals surface area contributed by atoms with Gasteiger partial charge in [0.05, 0.1) is 24.8 Å². The number of imidazole rings is 1. The lowest BCUT2D eigenvalue weighted by atomic mass is 10.1. The van der Waals surface area contributed by atoms with Crippen LogP contribution in [0.3, 0.4) is 0 Å². The molecule has 0 aliphatic heterocycles. The monoisotopic (exact) mass is 322 g/mol. The van der Waals surface area contributed by atoms with E-state index in [-0.39, 0.29) is 18.3 Å². The molecule has 1 heterocycles. The molecule has 2 N–H and O–H groups in total. The Morgan fingerprint density at radius 1 is 1.43 bits per heavy atom. The minimum Gasteiger partial charge on any atom is -0.496 e. The summed E-state index contributed by atoms with van der Waals surface area (Å²) in [6.07, 6.45) is 5.64. The van der Waals surface area contributed by atoms with Crippen molar-refractivity contribution < 1.29 is 24.1 Å². The maximum absolute atomic E-state index is 14.2. The summed E-state index contributed by atoms with van der Waals surface area (Å²) in [5.74, 6) is 0.583. The van der Waals surface area contributed by atoms with Crippen LogP contribution >= 0.6 is 0 Å². The number of aliphatic hydroxyl groups excluding tert-OH is 1. The van der Waals surface area contributed by atoms with Gasteiger partial charge in [-0.15, -0.1) is 0 Å². The molecule has 1 aromatic carbocycles. The maximum atomic E-state index is 14.2. The van der Waals surface area contributed by atoms with E-state index in [9.17, 15) is 9.50 Å². The van der Waals surface area contributed by atoms with Crippen LogP contribution in [0.4, 0.5) is 4.39 Å². The van der Waals surface area contributed by atoms with Gasteiger partial charge in [-0.3, -0.25) is 4.79 Å². The molecule has 0 amide bonds. The third-order valence-corrected chi connectivity index (χ3v) is 3.89. The van der Waals surface area contributed by atoms with Gasteiger partial charge in [0.25, 0.3) is 6.47 Å². The lowest BCUT2D eigenvalue weighted by molar-refractivity contribution is -0.122. The number of methoxy groups -OCH3 is 1. The predicted octanol–water partition coefficient (Wildman–Crippen LogP) is 2.48. The highest BCUT2D eigenvalue weighted by molar-refractivity contribution is 5.65. The quantitative estimate of drug-likeness (QED) is 0.848. The average Bonchev–Trinajstić information content (AvgIpc) is 3.16. The van der Waals surface area contributed by atoms with Crippen LogP contribution in [-0.4, -0.2) is 39.5 Å². The summed E-state index contributed by atoms with van der Waals surface area (Å²) in [6.45, 7) is -0.250. The molecule has 1 fully saturated rings. The third-order valence-electron chi connectivity index (χ3n) is 3.89. The van der Waals surface area contributed by atoms with Gasteiger partial charge in [-0.2, -0.15) is 0 Å². The van der Waals surface area contributed by atoms with Crippen molar-refractivity contribution in [1.29, 1.82) is 0 Å². The number of hydrogen-bond donors (Lipinski definition) is 2. The fourth-order valence-electron chi connectivity index (χ4n) is 2.91. The van der Waals surface area contributed by atoms with Crippen LogP contribution < -0.4 is 4.74 Å². The Kier molecular flexibility index (Phi) is 5.70. The number of carbonyl (C=O) groups is 1. The molecule has 0 saturated heterocycles. The highest BCUT2D eigenvalue weighted by Gasteiger charge is 2.29. The summed E-state index contributed by atoms with van der Waals surface area (Å²) in [5, 5.41) is 16.9. The number of rotatable bonds is 3. The summed E-state index contributed by atoms with van der Waals surface area (Å²) >= 11 is 0. The van der Waals surface area contributed by atoms with Crippen LogP contribution in [-0.2, 0) is 4.79 Å². The minimum atomic E-state index is -0.402. The summed E-state index contributed by atoms with van der Waals surface area (Å²) in [5.41, 5.74) is 0.346. The first-order chi connectivity index (χ1) is 11.1. The third kappa shape index (κ3) is 3.50. The predicted molar refractivity (Wildman–Crippen MR) is 81.8 cm³/mol. The molecule has 1 aliphatic carbocycles. The van der Waals surface area contributed by atoms with E-state index < -0.39 is 6.10 Å². The Bertz CT molecular complexity index is 659. The number of nitrogens with zero attached hydrogens (tertiary/aromatic N) is 2. The molecule has 0 radical (unpaired) electrons. The molecule has 0 unspecified atom stereocenters. The van der Waals surface area contributed by atoms with Gasteiger partial charge in [-0.25, -0.2) is 9.37 Å². The average molecular weight is 322 g/mol. The van der Waals surface area contributed by atoms with Crippen molar-refractivity contribution in [3.8, 4) is 17.1 Å². The highest BCUT2D eigenvalue weighted by Crippen LogP contribution is 2.37. The molecule has 2 aromatic rings. The van der Waals surface area contributed by atoms with E-state index in [2.05, 4.69) is 4.98 Å². The molecule has 124 valence electrons. The summed E-state index contributed by atoms with van der Waals surface area (Å²) in [7, 11) is 1.51. The van der Waals surface area contributed by atoms with E-state index in [4.69, 9.17) is 14.6 Å². The smallest absolute Gasteiger partial charge is 0.290 e. The van der Waals surface area contributed by atoms with E-state index in [1.54, 1.807) is 24.5 Å². The SMILES string of the molecule is COc1cccc(F)c1-c1nccn1[C@H]1CCC[C@@H]1O.O=CO. The molecule has 1 aromatic heterocycles. The van der Waals surface area contributed by atoms with Crippen molar-refractivity contribution >= 4 is 6.47 Å². The summed E-state index contributed by atoms with van der Waals surface area (Å²) in [4.78, 5) is 12.6.